The second-order valence-electron chi connectivity index (χ2n) is 1.30. The third-order valence-electron chi connectivity index (χ3n) is 0.894. The van der Waals surface area contributed by atoms with Crippen molar-refractivity contribution in [3.8, 4) is 0 Å². The zero-order chi connectivity index (χ0) is 4.99. The minimum atomic E-state index is 0. The molecule has 2 heteroatoms. The normalized spacial score (nSPS) is 8.57. The predicted molar refractivity (Wildman–Crippen MR) is 28.3 cm³/mol. The SMILES string of the molecule is [CH2-]N(CC)CC.[Y]. The molecule has 41 valence electrons. The Morgan fingerprint density at radius 3 is 1.57 bits per heavy atom. The maximum absolute atomic E-state index is 3.71. The Balaban J connectivity index is 0. The van der Waals surface area contributed by atoms with Crippen molar-refractivity contribution in [1.82, 2.24) is 4.90 Å². The van der Waals surface area contributed by atoms with Gasteiger partial charge in [0.25, 0.3) is 0 Å². The summed E-state index contributed by atoms with van der Waals surface area (Å²) >= 11 is 0. The van der Waals surface area contributed by atoms with Gasteiger partial charge in [-0.1, -0.05) is 13.8 Å². The van der Waals surface area contributed by atoms with Crippen LogP contribution in [0.4, 0.5) is 0 Å². The fourth-order valence-electron chi connectivity index (χ4n) is 0.224. The first-order valence-electron chi connectivity index (χ1n) is 2.36. The Morgan fingerprint density at radius 1 is 1.29 bits per heavy atom. The first kappa shape index (κ1) is 10.9. The van der Waals surface area contributed by atoms with E-state index in [0.717, 1.165) is 13.1 Å². The van der Waals surface area contributed by atoms with E-state index in [-0.39, 0.29) is 32.7 Å². The van der Waals surface area contributed by atoms with Gasteiger partial charge in [0.15, 0.2) is 0 Å². The molecule has 0 saturated heterocycles. The quantitative estimate of drug-likeness (QED) is 0.568. The molecule has 0 N–H and O–H groups in total. The van der Waals surface area contributed by atoms with Gasteiger partial charge in [0.1, 0.15) is 0 Å². The number of nitrogens with zero attached hydrogens (tertiary/aromatic N) is 1. The Kier molecular flexibility index (Phi) is 11.0. The summed E-state index contributed by atoms with van der Waals surface area (Å²) in [6.45, 7) is 6.29. The first-order chi connectivity index (χ1) is 2.81. The average molecular weight is 175 g/mol. The Bertz CT molecular complexity index is 27.3. The van der Waals surface area contributed by atoms with Crippen LogP contribution in [0.5, 0.6) is 0 Å². The van der Waals surface area contributed by atoms with Gasteiger partial charge in [0, 0.05) is 32.7 Å². The molecule has 0 heterocycles. The average Bonchev–Trinajstić information content (AvgIpc) is 1.65. The second-order valence-corrected chi connectivity index (χ2v) is 1.30. The standard InChI is InChI=1S/C5H12N.Y/c1-4-6(3)5-2;/h3-5H2,1-2H3;/q-1;. The minimum absolute atomic E-state index is 0. The summed E-state index contributed by atoms with van der Waals surface area (Å²) in [5.74, 6) is 0. The molecule has 0 saturated carbocycles. The molecule has 0 aromatic carbocycles. The second kappa shape index (κ2) is 7.06. The largest absolute Gasteiger partial charge is 0.460 e. The zero-order valence-electron chi connectivity index (χ0n) is 5.15. The van der Waals surface area contributed by atoms with Crippen molar-refractivity contribution in [2.24, 2.45) is 0 Å². The van der Waals surface area contributed by atoms with Crippen LogP contribution in [0.1, 0.15) is 13.8 Å². The maximum atomic E-state index is 3.71. The van der Waals surface area contributed by atoms with Crippen LogP contribution in [-0.4, -0.2) is 18.0 Å². The van der Waals surface area contributed by atoms with Crippen molar-refractivity contribution in [3.63, 3.8) is 0 Å². The van der Waals surface area contributed by atoms with Crippen molar-refractivity contribution in [2.75, 3.05) is 13.1 Å². The van der Waals surface area contributed by atoms with Gasteiger partial charge in [-0.05, 0) is 13.1 Å². The Hall–Kier alpha value is 1.06. The third-order valence-corrected chi connectivity index (χ3v) is 0.894. The molecule has 1 radical (unpaired) electrons. The summed E-state index contributed by atoms with van der Waals surface area (Å²) in [6, 6.07) is 0. The molecule has 0 aliphatic heterocycles. The van der Waals surface area contributed by atoms with Crippen LogP contribution < -0.4 is 0 Å². The van der Waals surface area contributed by atoms with Crippen LogP contribution >= 0.6 is 0 Å². The van der Waals surface area contributed by atoms with Gasteiger partial charge in [-0.25, -0.2) is 0 Å². The predicted octanol–water partition coefficient (Wildman–Crippen LogP) is 1.12. The van der Waals surface area contributed by atoms with Crippen molar-refractivity contribution in [3.05, 3.63) is 7.05 Å². The van der Waals surface area contributed by atoms with E-state index in [9.17, 15) is 0 Å². The molecule has 0 fully saturated rings. The monoisotopic (exact) mass is 175 g/mol. The molecule has 7 heavy (non-hydrogen) atoms. The van der Waals surface area contributed by atoms with Crippen LogP contribution in [0, 0.1) is 7.05 Å². The Morgan fingerprint density at radius 2 is 1.57 bits per heavy atom. The van der Waals surface area contributed by atoms with Crippen LogP contribution in [-0.2, 0) is 32.7 Å². The van der Waals surface area contributed by atoms with Crippen LogP contribution in [0.2, 0.25) is 0 Å². The van der Waals surface area contributed by atoms with Crippen molar-refractivity contribution in [1.29, 1.82) is 0 Å². The van der Waals surface area contributed by atoms with E-state index in [4.69, 9.17) is 0 Å². The fraction of sp³-hybridized carbons (Fsp3) is 0.800. The van der Waals surface area contributed by atoms with E-state index in [1.807, 2.05) is 4.90 Å². The van der Waals surface area contributed by atoms with Gasteiger partial charge in [-0.3, -0.25) is 7.05 Å². The van der Waals surface area contributed by atoms with Crippen LogP contribution in [0.3, 0.4) is 0 Å². The molecule has 0 aliphatic carbocycles. The zero-order valence-corrected chi connectivity index (χ0v) is 7.98. The smallest absolute Gasteiger partial charge is 0 e. The molecular formula is C5H12NY-. The summed E-state index contributed by atoms with van der Waals surface area (Å²) in [5, 5.41) is 0. The number of rotatable bonds is 2. The number of hydrogen-bond donors (Lipinski definition) is 0. The molecule has 0 bridgehead atoms. The molecule has 0 spiro atoms. The van der Waals surface area contributed by atoms with Gasteiger partial charge < -0.3 is 4.90 Å². The third kappa shape index (κ3) is 7.06. The minimum Gasteiger partial charge on any atom is -0.460 e. The summed E-state index contributed by atoms with van der Waals surface area (Å²) in [5.41, 5.74) is 0. The Labute approximate surface area is 71.3 Å². The summed E-state index contributed by atoms with van der Waals surface area (Å²) in [6.07, 6.45) is 0. The number of hydrogen-bond acceptors (Lipinski definition) is 1. The molecular weight excluding hydrogens is 163 g/mol. The molecule has 0 rings (SSSR count). The maximum Gasteiger partial charge on any atom is 0 e. The molecule has 0 aromatic heterocycles. The van der Waals surface area contributed by atoms with Gasteiger partial charge >= 0.3 is 0 Å². The summed E-state index contributed by atoms with van der Waals surface area (Å²) in [4.78, 5) is 2.00. The van der Waals surface area contributed by atoms with E-state index in [2.05, 4.69) is 20.9 Å². The van der Waals surface area contributed by atoms with E-state index in [0.29, 0.717) is 0 Å². The first-order valence-corrected chi connectivity index (χ1v) is 2.36. The fourth-order valence-corrected chi connectivity index (χ4v) is 0.224. The molecule has 0 unspecified atom stereocenters. The van der Waals surface area contributed by atoms with Crippen molar-refractivity contribution in [2.45, 2.75) is 13.8 Å². The van der Waals surface area contributed by atoms with E-state index < -0.39 is 0 Å². The topological polar surface area (TPSA) is 3.24 Å². The molecule has 0 aromatic rings. The van der Waals surface area contributed by atoms with E-state index in [1.165, 1.54) is 0 Å². The van der Waals surface area contributed by atoms with Crippen molar-refractivity contribution < 1.29 is 32.7 Å². The molecule has 0 atom stereocenters. The summed E-state index contributed by atoms with van der Waals surface area (Å²) in [7, 11) is 3.71. The van der Waals surface area contributed by atoms with E-state index >= 15 is 0 Å². The summed E-state index contributed by atoms with van der Waals surface area (Å²) < 4.78 is 0. The van der Waals surface area contributed by atoms with Gasteiger partial charge in [0.2, 0.25) is 0 Å². The van der Waals surface area contributed by atoms with Crippen molar-refractivity contribution >= 4 is 0 Å². The molecule has 0 aliphatic rings. The van der Waals surface area contributed by atoms with Gasteiger partial charge in [-0.15, -0.1) is 0 Å². The van der Waals surface area contributed by atoms with E-state index in [1.54, 1.807) is 0 Å². The van der Waals surface area contributed by atoms with Crippen LogP contribution in [0.25, 0.3) is 0 Å². The van der Waals surface area contributed by atoms with Crippen LogP contribution in [0.15, 0.2) is 0 Å². The molecule has 0 amide bonds. The molecule has 1 nitrogen and oxygen atoms in total. The van der Waals surface area contributed by atoms with Gasteiger partial charge in [-0.2, -0.15) is 0 Å². The van der Waals surface area contributed by atoms with Gasteiger partial charge in [0.05, 0.1) is 0 Å².